The van der Waals surface area contributed by atoms with Crippen molar-refractivity contribution in [2.75, 3.05) is 0 Å². The topological polar surface area (TPSA) is 39.4 Å². The largest absolute Gasteiger partial charge is 0.482 e. The van der Waals surface area contributed by atoms with Crippen LogP contribution in [0.15, 0.2) is 20.9 Å². The quantitative estimate of drug-likeness (QED) is 0.705. The second-order valence-electron chi connectivity index (χ2n) is 5.59. The normalized spacial score (nSPS) is 29.9. The third-order valence-electron chi connectivity index (χ3n) is 4.38. The predicted octanol–water partition coefficient (Wildman–Crippen LogP) is 3.30. The molecule has 1 saturated carbocycles. The van der Waals surface area contributed by atoms with Crippen molar-refractivity contribution >= 4 is 6.08 Å². The van der Waals surface area contributed by atoms with Crippen LogP contribution >= 0.6 is 0 Å². The van der Waals surface area contributed by atoms with E-state index in [9.17, 15) is 4.79 Å². The Balaban J connectivity index is 2.19. The van der Waals surface area contributed by atoms with Crippen molar-refractivity contribution in [1.82, 2.24) is 0 Å². The highest BCUT2D eigenvalue weighted by Gasteiger charge is 2.42. The lowest BCUT2D eigenvalue weighted by molar-refractivity contribution is 0.0438. The molecule has 3 rings (SSSR count). The van der Waals surface area contributed by atoms with E-state index in [4.69, 9.17) is 9.15 Å². The predicted molar refractivity (Wildman–Crippen MR) is 69.7 cm³/mol. The molecule has 0 aromatic carbocycles. The van der Waals surface area contributed by atoms with Crippen molar-refractivity contribution in [3.63, 3.8) is 0 Å². The Hall–Kier alpha value is -1.51. The van der Waals surface area contributed by atoms with Gasteiger partial charge in [-0.25, -0.2) is 4.79 Å². The van der Waals surface area contributed by atoms with E-state index in [1.54, 1.807) is 6.92 Å². The fourth-order valence-electron chi connectivity index (χ4n) is 3.03. The van der Waals surface area contributed by atoms with Gasteiger partial charge >= 0.3 is 5.63 Å². The first-order chi connectivity index (χ1) is 8.50. The summed E-state index contributed by atoms with van der Waals surface area (Å²) in [7, 11) is 0. The molecule has 1 aliphatic heterocycles. The molecular formula is C15H18O3. The molecule has 0 spiro atoms. The van der Waals surface area contributed by atoms with Crippen molar-refractivity contribution in [2.24, 2.45) is 5.92 Å². The summed E-state index contributed by atoms with van der Waals surface area (Å²) in [6, 6.07) is 1.82. The molecule has 0 amide bonds. The molecule has 2 heterocycles. The van der Waals surface area contributed by atoms with Crippen LogP contribution < -0.4 is 10.4 Å². The lowest BCUT2D eigenvalue weighted by atomic mass is 9.72. The summed E-state index contributed by atoms with van der Waals surface area (Å²) >= 11 is 0. The van der Waals surface area contributed by atoms with Gasteiger partial charge in [-0.15, -0.1) is 0 Å². The van der Waals surface area contributed by atoms with Crippen molar-refractivity contribution in [1.29, 1.82) is 0 Å². The maximum Gasteiger partial charge on any atom is 0.346 e. The van der Waals surface area contributed by atoms with Crippen LogP contribution in [0.3, 0.4) is 0 Å². The van der Waals surface area contributed by atoms with E-state index in [2.05, 4.69) is 13.8 Å². The maximum atomic E-state index is 11.9. The molecule has 1 aromatic heterocycles. The fraction of sp³-hybridized carbons (Fsp3) is 0.533. The summed E-state index contributed by atoms with van der Waals surface area (Å²) < 4.78 is 11.3. The molecule has 2 aliphatic rings. The number of aryl methyl sites for hydroxylation is 1. The van der Waals surface area contributed by atoms with Gasteiger partial charge in [0.05, 0.1) is 0 Å². The monoisotopic (exact) mass is 246 g/mol. The summed E-state index contributed by atoms with van der Waals surface area (Å²) in [6.45, 7) is 6.13. The molecule has 3 nitrogen and oxygen atoms in total. The molecule has 0 saturated heterocycles. The molecule has 1 aliphatic carbocycles. The highest BCUT2D eigenvalue weighted by molar-refractivity contribution is 5.63. The summed E-state index contributed by atoms with van der Waals surface area (Å²) in [4.78, 5) is 11.9. The van der Waals surface area contributed by atoms with Gasteiger partial charge in [0, 0.05) is 6.07 Å². The van der Waals surface area contributed by atoms with Gasteiger partial charge in [0.2, 0.25) is 0 Å². The van der Waals surface area contributed by atoms with Gasteiger partial charge in [0.25, 0.3) is 0 Å². The van der Waals surface area contributed by atoms with E-state index in [0.717, 1.165) is 6.42 Å². The van der Waals surface area contributed by atoms with Crippen LogP contribution in [-0.2, 0) is 0 Å². The van der Waals surface area contributed by atoms with Crippen LogP contribution in [0.2, 0.25) is 0 Å². The van der Waals surface area contributed by atoms with Crippen LogP contribution in [0.1, 0.15) is 44.4 Å². The summed E-state index contributed by atoms with van der Waals surface area (Å²) in [5, 5.41) is 0. The smallest absolute Gasteiger partial charge is 0.346 e. The summed E-state index contributed by atoms with van der Waals surface area (Å²) in [6.07, 6.45) is 5.33. The van der Waals surface area contributed by atoms with Gasteiger partial charge in [0.1, 0.15) is 22.7 Å². The molecule has 2 atom stereocenters. The van der Waals surface area contributed by atoms with Crippen molar-refractivity contribution in [3.05, 3.63) is 33.4 Å². The lowest BCUT2D eigenvalue weighted by Crippen LogP contribution is -2.46. The molecule has 96 valence electrons. The van der Waals surface area contributed by atoms with Gasteiger partial charge in [-0.05, 0) is 50.7 Å². The Labute approximate surface area is 106 Å². The zero-order chi connectivity index (χ0) is 12.9. The molecule has 18 heavy (non-hydrogen) atoms. The van der Waals surface area contributed by atoms with Crippen LogP contribution in [-0.4, -0.2) is 5.60 Å². The molecule has 0 radical (unpaired) electrons. The molecular weight excluding hydrogens is 228 g/mol. The average molecular weight is 246 g/mol. The zero-order valence-corrected chi connectivity index (χ0v) is 11.1. The number of hydrogen-bond acceptors (Lipinski definition) is 3. The lowest BCUT2D eigenvalue weighted by Gasteiger charge is -2.44. The number of rotatable bonds is 0. The van der Waals surface area contributed by atoms with Crippen LogP contribution in [0, 0.1) is 12.8 Å². The first-order valence-electron chi connectivity index (χ1n) is 6.55. The van der Waals surface area contributed by atoms with Gasteiger partial charge in [-0.2, -0.15) is 0 Å². The van der Waals surface area contributed by atoms with Crippen LogP contribution in [0.5, 0.6) is 5.75 Å². The molecule has 0 unspecified atom stereocenters. The second kappa shape index (κ2) is 3.74. The van der Waals surface area contributed by atoms with Crippen LogP contribution in [0.4, 0.5) is 0 Å². The second-order valence-corrected chi connectivity index (χ2v) is 5.59. The number of ether oxygens (including phenoxy) is 1. The average Bonchev–Trinajstić information content (AvgIpc) is 2.29. The SMILES string of the molecule is Cc1cc2c(c(=O)o1)C=C1CCC[C@H](C)[C@@]1(C)O2. The summed E-state index contributed by atoms with van der Waals surface area (Å²) in [5.74, 6) is 1.74. The molecule has 3 heteroatoms. The van der Waals surface area contributed by atoms with E-state index < -0.39 is 0 Å². The van der Waals surface area contributed by atoms with Crippen molar-refractivity contribution in [3.8, 4) is 5.75 Å². The zero-order valence-electron chi connectivity index (χ0n) is 11.1. The van der Waals surface area contributed by atoms with E-state index in [-0.39, 0.29) is 11.2 Å². The minimum Gasteiger partial charge on any atom is -0.482 e. The first-order valence-corrected chi connectivity index (χ1v) is 6.55. The molecule has 1 aromatic rings. The highest BCUT2D eigenvalue weighted by atomic mass is 16.5. The third-order valence-corrected chi connectivity index (χ3v) is 4.38. The minimum absolute atomic E-state index is 0.258. The van der Waals surface area contributed by atoms with Gasteiger partial charge < -0.3 is 9.15 Å². The number of fused-ring (bicyclic) bond motifs is 2. The van der Waals surface area contributed by atoms with Gasteiger partial charge in [0.15, 0.2) is 0 Å². The Morgan fingerprint density at radius 2 is 2.22 bits per heavy atom. The summed E-state index contributed by atoms with van der Waals surface area (Å²) in [5.41, 5.74) is 1.25. The fourth-order valence-corrected chi connectivity index (χ4v) is 3.03. The molecule has 1 fully saturated rings. The first kappa shape index (κ1) is 11.6. The van der Waals surface area contributed by atoms with E-state index in [1.165, 1.54) is 18.4 Å². The Morgan fingerprint density at radius 1 is 1.44 bits per heavy atom. The maximum absolute atomic E-state index is 11.9. The van der Waals surface area contributed by atoms with Crippen molar-refractivity contribution in [2.45, 2.75) is 45.6 Å². The highest BCUT2D eigenvalue weighted by Crippen LogP contribution is 2.45. The molecule has 0 bridgehead atoms. The molecule has 0 N–H and O–H groups in total. The van der Waals surface area contributed by atoms with E-state index >= 15 is 0 Å². The van der Waals surface area contributed by atoms with Gasteiger partial charge in [-0.1, -0.05) is 6.92 Å². The van der Waals surface area contributed by atoms with Gasteiger partial charge in [-0.3, -0.25) is 0 Å². The minimum atomic E-state index is -0.294. The Morgan fingerprint density at radius 3 is 3.00 bits per heavy atom. The number of hydrogen-bond donors (Lipinski definition) is 0. The Kier molecular flexibility index (Phi) is 2.40. The Bertz CT molecular complexity index is 582. The van der Waals surface area contributed by atoms with E-state index in [1.807, 2.05) is 12.1 Å². The van der Waals surface area contributed by atoms with Crippen LogP contribution in [0.25, 0.3) is 6.08 Å². The van der Waals surface area contributed by atoms with Crippen molar-refractivity contribution < 1.29 is 9.15 Å². The third kappa shape index (κ3) is 1.53. The van der Waals surface area contributed by atoms with E-state index in [0.29, 0.717) is 23.0 Å². The standard InChI is InChI=1S/C15H18O3/c1-9-5-4-6-11-8-12-13(18-15(9,11)3)7-10(2)17-14(12)16/h7-9H,4-6H2,1-3H3/t9-,15+/m0/s1.